The van der Waals surface area contributed by atoms with Crippen LogP contribution in [0.15, 0.2) is 30.6 Å². The van der Waals surface area contributed by atoms with Gasteiger partial charge in [-0.1, -0.05) is 6.07 Å². The quantitative estimate of drug-likeness (QED) is 0.911. The van der Waals surface area contributed by atoms with Crippen LogP contribution >= 0.6 is 0 Å². The molecule has 1 heterocycles. The van der Waals surface area contributed by atoms with E-state index >= 15 is 0 Å². The smallest absolute Gasteiger partial charge is 0.408 e. The van der Waals surface area contributed by atoms with Gasteiger partial charge in [0.25, 0.3) is 0 Å². The van der Waals surface area contributed by atoms with E-state index in [-0.39, 0.29) is 5.54 Å². The molecule has 1 aromatic carbocycles. The molecule has 5 nitrogen and oxygen atoms in total. The second kappa shape index (κ2) is 6.13. The number of rotatable bonds is 4. The summed E-state index contributed by atoms with van der Waals surface area (Å²) in [6, 6.07) is 3.74. The van der Waals surface area contributed by atoms with Gasteiger partial charge in [0.05, 0.1) is 18.3 Å². The average molecular weight is 349 g/mol. The summed E-state index contributed by atoms with van der Waals surface area (Å²) in [7, 11) is 0. The maximum Gasteiger partial charge on any atom is 0.408 e. The first-order valence-corrected chi connectivity index (χ1v) is 8.15. The van der Waals surface area contributed by atoms with Crippen molar-refractivity contribution in [2.24, 2.45) is 0 Å². The van der Waals surface area contributed by atoms with Crippen molar-refractivity contribution >= 4 is 6.09 Å². The third-order valence-corrected chi connectivity index (χ3v) is 3.97. The number of benzene rings is 1. The summed E-state index contributed by atoms with van der Waals surface area (Å²) in [6.45, 7) is 5.94. The minimum Gasteiger partial charge on any atom is -0.444 e. The van der Waals surface area contributed by atoms with E-state index in [0.29, 0.717) is 17.7 Å². The number of carbonyl (C=O) groups is 1. The standard InChI is InChI=1S/C18H21F2N3O2/c1-17(2,3)25-16(24)22-18(6-7-18)11-23-10-13(9-21-23)12-4-5-14(19)15(20)8-12/h4-5,8-10H,6-7,11H2,1-3H3,(H,22,24). The van der Waals surface area contributed by atoms with E-state index in [9.17, 15) is 13.6 Å². The predicted octanol–water partition coefficient (Wildman–Crippen LogP) is 3.89. The van der Waals surface area contributed by atoms with E-state index in [1.807, 2.05) is 20.8 Å². The van der Waals surface area contributed by atoms with Crippen molar-refractivity contribution in [1.29, 1.82) is 0 Å². The van der Waals surface area contributed by atoms with Gasteiger partial charge in [0.1, 0.15) is 5.60 Å². The fourth-order valence-corrected chi connectivity index (χ4v) is 2.58. The molecule has 0 aliphatic heterocycles. The monoisotopic (exact) mass is 349 g/mol. The van der Waals surface area contributed by atoms with Gasteiger partial charge >= 0.3 is 6.09 Å². The molecule has 0 radical (unpaired) electrons. The number of halogens is 2. The highest BCUT2D eigenvalue weighted by Crippen LogP contribution is 2.37. The lowest BCUT2D eigenvalue weighted by Crippen LogP contribution is -2.43. The fraction of sp³-hybridized carbons (Fsp3) is 0.444. The molecule has 1 fully saturated rings. The molecule has 0 spiro atoms. The molecule has 1 aliphatic carbocycles. The number of ether oxygens (including phenoxy) is 1. The molecule has 0 bridgehead atoms. The Kier molecular flexibility index (Phi) is 4.26. The Hall–Kier alpha value is -2.44. The molecule has 1 saturated carbocycles. The van der Waals surface area contributed by atoms with E-state index in [1.54, 1.807) is 17.1 Å². The largest absolute Gasteiger partial charge is 0.444 e. The fourth-order valence-electron chi connectivity index (χ4n) is 2.58. The molecule has 3 rings (SSSR count). The van der Waals surface area contributed by atoms with Crippen LogP contribution in [0.25, 0.3) is 11.1 Å². The van der Waals surface area contributed by atoms with E-state index < -0.39 is 23.3 Å². The number of alkyl carbamates (subject to hydrolysis) is 1. The molecule has 1 aliphatic rings. The van der Waals surface area contributed by atoms with Gasteiger partial charge in [-0.3, -0.25) is 4.68 Å². The van der Waals surface area contributed by atoms with Crippen molar-refractivity contribution in [3.8, 4) is 11.1 Å². The third kappa shape index (κ3) is 4.35. The van der Waals surface area contributed by atoms with Crippen molar-refractivity contribution < 1.29 is 18.3 Å². The highest BCUT2D eigenvalue weighted by atomic mass is 19.2. The van der Waals surface area contributed by atoms with Crippen LogP contribution in [-0.4, -0.2) is 27.0 Å². The molecule has 0 saturated heterocycles. The second-order valence-corrected chi connectivity index (χ2v) is 7.46. The lowest BCUT2D eigenvalue weighted by Gasteiger charge is -2.23. The van der Waals surface area contributed by atoms with Crippen molar-refractivity contribution in [1.82, 2.24) is 15.1 Å². The van der Waals surface area contributed by atoms with Gasteiger partial charge in [-0.25, -0.2) is 13.6 Å². The zero-order valence-corrected chi connectivity index (χ0v) is 14.5. The number of carbonyl (C=O) groups excluding carboxylic acids is 1. The van der Waals surface area contributed by atoms with Crippen LogP contribution in [0.4, 0.5) is 13.6 Å². The van der Waals surface area contributed by atoms with E-state index in [1.165, 1.54) is 6.07 Å². The molecule has 134 valence electrons. The van der Waals surface area contributed by atoms with Crippen LogP contribution < -0.4 is 5.32 Å². The zero-order valence-electron chi connectivity index (χ0n) is 14.5. The number of aromatic nitrogens is 2. The minimum absolute atomic E-state index is 0.361. The molecule has 1 amide bonds. The Balaban J connectivity index is 1.67. The van der Waals surface area contributed by atoms with Crippen LogP contribution in [-0.2, 0) is 11.3 Å². The Morgan fingerprint density at radius 2 is 2.00 bits per heavy atom. The van der Waals surface area contributed by atoms with E-state index in [2.05, 4.69) is 10.4 Å². The lowest BCUT2D eigenvalue weighted by molar-refractivity contribution is 0.0489. The number of hydrogen-bond acceptors (Lipinski definition) is 3. The van der Waals surface area contributed by atoms with Gasteiger partial charge in [0, 0.05) is 11.8 Å². The first-order valence-electron chi connectivity index (χ1n) is 8.15. The van der Waals surface area contributed by atoms with Gasteiger partial charge in [0.2, 0.25) is 0 Å². The summed E-state index contributed by atoms with van der Waals surface area (Å²) in [5.41, 5.74) is 0.327. The summed E-state index contributed by atoms with van der Waals surface area (Å²) in [4.78, 5) is 12.0. The highest BCUT2D eigenvalue weighted by Gasteiger charge is 2.45. The summed E-state index contributed by atoms with van der Waals surface area (Å²) in [6.07, 6.45) is 4.58. The molecule has 2 aromatic rings. The SMILES string of the molecule is CC(C)(C)OC(=O)NC1(Cn2cc(-c3ccc(F)c(F)c3)cn2)CC1. The molecule has 0 unspecified atom stereocenters. The molecular formula is C18H21F2N3O2. The molecule has 25 heavy (non-hydrogen) atoms. The topological polar surface area (TPSA) is 56.1 Å². The van der Waals surface area contributed by atoms with Gasteiger partial charge in [-0.2, -0.15) is 5.10 Å². The summed E-state index contributed by atoms with van der Waals surface area (Å²) < 4.78 is 33.4. The number of nitrogens with zero attached hydrogens (tertiary/aromatic N) is 2. The van der Waals surface area contributed by atoms with Gasteiger partial charge in [-0.15, -0.1) is 0 Å². The average Bonchev–Trinajstić information content (AvgIpc) is 3.05. The minimum atomic E-state index is -0.893. The maximum atomic E-state index is 13.4. The third-order valence-electron chi connectivity index (χ3n) is 3.97. The Bertz CT molecular complexity index is 792. The first kappa shape index (κ1) is 17.4. The molecule has 1 N–H and O–H groups in total. The predicted molar refractivity (Wildman–Crippen MR) is 88.9 cm³/mol. The Morgan fingerprint density at radius 1 is 1.28 bits per heavy atom. The van der Waals surface area contributed by atoms with Crippen LogP contribution in [0.2, 0.25) is 0 Å². The summed E-state index contributed by atoms with van der Waals surface area (Å²) >= 11 is 0. The first-order chi connectivity index (χ1) is 11.7. The van der Waals surface area contributed by atoms with Gasteiger partial charge in [-0.05, 0) is 51.3 Å². The summed E-state index contributed by atoms with van der Waals surface area (Å²) in [5.74, 6) is -1.77. The van der Waals surface area contributed by atoms with Crippen molar-refractivity contribution in [3.05, 3.63) is 42.2 Å². The Labute approximate surface area is 145 Å². The molecule has 7 heteroatoms. The Morgan fingerprint density at radius 3 is 2.60 bits per heavy atom. The van der Waals surface area contributed by atoms with Crippen LogP contribution in [0.5, 0.6) is 0 Å². The number of nitrogens with one attached hydrogen (secondary N) is 1. The highest BCUT2D eigenvalue weighted by molar-refractivity contribution is 5.69. The summed E-state index contributed by atoms with van der Waals surface area (Å²) in [5, 5.41) is 7.17. The lowest BCUT2D eigenvalue weighted by atomic mass is 10.1. The zero-order chi connectivity index (χ0) is 18.2. The number of amides is 1. The van der Waals surface area contributed by atoms with Gasteiger partial charge < -0.3 is 10.1 Å². The van der Waals surface area contributed by atoms with Crippen molar-refractivity contribution in [3.63, 3.8) is 0 Å². The maximum absolute atomic E-state index is 13.4. The van der Waals surface area contributed by atoms with Crippen LogP contribution in [0, 0.1) is 11.6 Å². The molecule has 1 aromatic heterocycles. The normalized spacial score (nSPS) is 15.7. The van der Waals surface area contributed by atoms with E-state index in [4.69, 9.17) is 4.74 Å². The molecular weight excluding hydrogens is 328 g/mol. The van der Waals surface area contributed by atoms with Gasteiger partial charge in [0.15, 0.2) is 11.6 Å². The number of hydrogen-bond donors (Lipinski definition) is 1. The molecule has 0 atom stereocenters. The van der Waals surface area contributed by atoms with Crippen LogP contribution in [0.1, 0.15) is 33.6 Å². The second-order valence-electron chi connectivity index (χ2n) is 7.46. The van der Waals surface area contributed by atoms with Crippen molar-refractivity contribution in [2.75, 3.05) is 0 Å². The van der Waals surface area contributed by atoms with Crippen LogP contribution in [0.3, 0.4) is 0 Å². The van der Waals surface area contributed by atoms with E-state index in [0.717, 1.165) is 25.0 Å². The van der Waals surface area contributed by atoms with Crippen molar-refractivity contribution in [2.45, 2.75) is 51.3 Å².